The molecular weight excluding hydrogens is 484 g/mol. The maximum atomic E-state index is 3.52. The second-order valence-electron chi connectivity index (χ2n) is 9.92. The Morgan fingerprint density at radius 2 is 0.725 bits per heavy atom. The lowest BCUT2D eigenvalue weighted by atomic mass is 9.96. The summed E-state index contributed by atoms with van der Waals surface area (Å²) in [7, 11) is 0. The number of nitrogens with zero attached hydrogens (tertiary/aromatic N) is 1. The van der Waals surface area contributed by atoms with Gasteiger partial charge in [-0.2, -0.15) is 0 Å². The van der Waals surface area contributed by atoms with E-state index in [1.54, 1.807) is 0 Å². The molecule has 0 aromatic heterocycles. The summed E-state index contributed by atoms with van der Waals surface area (Å²) in [5.74, 6) is 0. The predicted octanol–water partition coefficient (Wildman–Crippen LogP) is 9.92. The minimum Gasteiger partial charge on any atom is -0.351 e. The van der Waals surface area contributed by atoms with Crippen molar-refractivity contribution in [3.63, 3.8) is 0 Å². The van der Waals surface area contributed by atoms with Crippen molar-refractivity contribution in [2.24, 2.45) is 0 Å². The number of nitrogens with one attached hydrogen (secondary N) is 1. The highest BCUT2D eigenvalue weighted by Crippen LogP contribution is 2.40. The number of benzene rings is 6. The molecule has 0 unspecified atom stereocenters. The van der Waals surface area contributed by atoms with E-state index in [1.807, 2.05) is 0 Å². The van der Waals surface area contributed by atoms with Crippen LogP contribution in [0.5, 0.6) is 0 Å². The molecule has 0 saturated heterocycles. The van der Waals surface area contributed by atoms with Gasteiger partial charge in [-0.15, -0.1) is 0 Å². The fourth-order valence-electron chi connectivity index (χ4n) is 5.32. The third kappa shape index (κ3) is 4.68. The molecule has 1 aliphatic heterocycles. The molecule has 1 N–H and O–H groups in total. The summed E-state index contributed by atoms with van der Waals surface area (Å²) in [6.45, 7) is 0. The first-order valence-corrected chi connectivity index (χ1v) is 13.6. The van der Waals surface area contributed by atoms with Crippen LogP contribution in [-0.2, 0) is 0 Å². The van der Waals surface area contributed by atoms with Gasteiger partial charge in [-0.1, -0.05) is 127 Å². The number of para-hydroxylation sites is 2. The summed E-state index contributed by atoms with van der Waals surface area (Å²) in [5, 5.41) is 3.52. The lowest BCUT2D eigenvalue weighted by Gasteiger charge is -2.25. The number of rotatable bonds is 7. The molecule has 7 rings (SSSR count). The summed E-state index contributed by atoms with van der Waals surface area (Å²) in [4.78, 5) is 2.29. The van der Waals surface area contributed by atoms with Crippen LogP contribution in [0.15, 0.2) is 164 Å². The van der Waals surface area contributed by atoms with Crippen LogP contribution < -0.4 is 10.2 Å². The Balaban J connectivity index is 1.17. The number of anilines is 3. The lowest BCUT2D eigenvalue weighted by molar-refractivity contribution is 1.28. The molecule has 0 spiro atoms. The summed E-state index contributed by atoms with van der Waals surface area (Å²) >= 11 is 0. The van der Waals surface area contributed by atoms with Gasteiger partial charge in [-0.3, -0.25) is 0 Å². The van der Waals surface area contributed by atoms with E-state index in [0.717, 1.165) is 17.1 Å². The van der Waals surface area contributed by atoms with E-state index in [1.165, 1.54) is 44.8 Å². The number of hydrogen-bond donors (Lipinski definition) is 1. The molecule has 0 radical (unpaired) electrons. The van der Waals surface area contributed by atoms with E-state index in [4.69, 9.17) is 0 Å². The quantitative estimate of drug-likeness (QED) is 0.230. The van der Waals surface area contributed by atoms with Crippen LogP contribution in [0.3, 0.4) is 0 Å². The maximum Gasteiger partial charge on any atom is 0.0710 e. The molecule has 0 amide bonds. The minimum atomic E-state index is 1.13. The summed E-state index contributed by atoms with van der Waals surface area (Å²) in [6.07, 6.45) is 0. The lowest BCUT2D eigenvalue weighted by Crippen LogP contribution is -2.09. The summed E-state index contributed by atoms with van der Waals surface area (Å²) in [5.41, 5.74) is 13.1. The third-order valence-electron chi connectivity index (χ3n) is 7.38. The van der Waals surface area contributed by atoms with Gasteiger partial charge in [-0.05, 0) is 58.7 Å². The Morgan fingerprint density at radius 1 is 0.300 bits per heavy atom. The molecule has 0 saturated carbocycles. The molecule has 0 bridgehead atoms. The molecule has 0 aliphatic carbocycles. The average Bonchev–Trinajstić information content (AvgIpc) is 3.84. The van der Waals surface area contributed by atoms with Crippen LogP contribution in [0.4, 0.5) is 17.1 Å². The van der Waals surface area contributed by atoms with E-state index in [0.29, 0.717) is 0 Å². The van der Waals surface area contributed by atoms with Gasteiger partial charge in [0.2, 0.25) is 0 Å². The van der Waals surface area contributed by atoms with Gasteiger partial charge in [0.05, 0.1) is 11.4 Å². The van der Waals surface area contributed by atoms with Crippen LogP contribution in [-0.4, -0.2) is 0 Å². The van der Waals surface area contributed by atoms with E-state index in [-0.39, 0.29) is 0 Å². The molecule has 0 atom stereocenters. The van der Waals surface area contributed by atoms with Gasteiger partial charge in [-0.25, -0.2) is 0 Å². The van der Waals surface area contributed by atoms with Gasteiger partial charge in [0.25, 0.3) is 0 Å². The van der Waals surface area contributed by atoms with Crippen molar-refractivity contribution < 1.29 is 0 Å². The zero-order chi connectivity index (χ0) is 26.7. The first-order valence-electron chi connectivity index (χ1n) is 13.6. The Labute approximate surface area is 235 Å². The Morgan fingerprint density at radius 3 is 1.30 bits per heavy atom. The molecular formula is C38H28N2. The third-order valence-corrected chi connectivity index (χ3v) is 7.38. The fraction of sp³-hybridized carbons (Fsp3) is 0. The van der Waals surface area contributed by atoms with E-state index < -0.39 is 0 Å². The molecule has 40 heavy (non-hydrogen) atoms. The first-order chi connectivity index (χ1) is 19.8. The van der Waals surface area contributed by atoms with Gasteiger partial charge >= 0.3 is 0 Å². The number of hydrogen-bond acceptors (Lipinski definition) is 2. The van der Waals surface area contributed by atoms with Crippen LogP contribution >= 0.6 is 0 Å². The minimum absolute atomic E-state index is 1.13. The Hall–Kier alpha value is -5.34. The highest BCUT2D eigenvalue weighted by Gasteiger charge is 2.26. The van der Waals surface area contributed by atoms with Gasteiger partial charge in [0.1, 0.15) is 0 Å². The molecule has 6 aromatic rings. The monoisotopic (exact) mass is 512 g/mol. The van der Waals surface area contributed by atoms with Crippen molar-refractivity contribution in [2.75, 3.05) is 4.90 Å². The highest BCUT2D eigenvalue weighted by atomic mass is 15.1. The molecule has 1 aliphatic rings. The molecule has 190 valence electrons. The van der Waals surface area contributed by atoms with Gasteiger partial charge in [0.15, 0.2) is 0 Å². The fourth-order valence-corrected chi connectivity index (χ4v) is 5.32. The van der Waals surface area contributed by atoms with Crippen LogP contribution in [0.1, 0.15) is 11.1 Å². The van der Waals surface area contributed by atoms with Crippen LogP contribution in [0.25, 0.3) is 33.6 Å². The Kier molecular flexibility index (Phi) is 6.20. The van der Waals surface area contributed by atoms with Crippen LogP contribution in [0, 0.1) is 0 Å². The molecule has 6 aromatic carbocycles. The van der Waals surface area contributed by atoms with Crippen molar-refractivity contribution in [3.05, 3.63) is 175 Å². The van der Waals surface area contributed by atoms with E-state index >= 15 is 0 Å². The van der Waals surface area contributed by atoms with Crippen molar-refractivity contribution in [1.29, 1.82) is 0 Å². The van der Waals surface area contributed by atoms with Gasteiger partial charge < -0.3 is 10.2 Å². The summed E-state index contributed by atoms with van der Waals surface area (Å²) < 4.78 is 0. The van der Waals surface area contributed by atoms with E-state index in [2.05, 4.69) is 174 Å². The predicted molar refractivity (Wildman–Crippen MR) is 168 cm³/mol. The summed E-state index contributed by atoms with van der Waals surface area (Å²) in [6, 6.07) is 57.9. The second-order valence-corrected chi connectivity index (χ2v) is 9.92. The largest absolute Gasteiger partial charge is 0.351 e. The van der Waals surface area contributed by atoms with Gasteiger partial charge in [0, 0.05) is 28.2 Å². The first kappa shape index (κ1) is 23.8. The Bertz CT molecular complexity index is 1730. The zero-order valence-corrected chi connectivity index (χ0v) is 22.0. The van der Waals surface area contributed by atoms with Crippen molar-refractivity contribution >= 4 is 28.5 Å². The van der Waals surface area contributed by atoms with Crippen molar-refractivity contribution in [3.8, 4) is 22.3 Å². The van der Waals surface area contributed by atoms with Crippen LogP contribution in [0.2, 0.25) is 0 Å². The zero-order valence-electron chi connectivity index (χ0n) is 22.0. The van der Waals surface area contributed by atoms with Crippen molar-refractivity contribution in [2.45, 2.75) is 0 Å². The molecule has 2 heteroatoms. The molecule has 1 heterocycles. The topological polar surface area (TPSA) is 25.2 Å². The average molecular weight is 513 g/mol. The molecule has 2 nitrogen and oxygen atoms in total. The van der Waals surface area contributed by atoms with E-state index in [9.17, 15) is 0 Å². The maximum absolute atomic E-state index is 3.52. The standard InChI is InChI=1S/C38H28N2/c1-4-12-31(13-5-1)37-38(39-37)36-19-11-10-18-35(36)30-22-20-28(21-23-30)29-24-26-34(27-25-29)40(32-14-6-2-7-15-32)33-16-8-3-9-17-33/h1-27,39H. The second kappa shape index (κ2) is 10.4. The molecule has 0 fully saturated rings. The normalized spacial score (nSPS) is 12.1. The van der Waals surface area contributed by atoms with Crippen molar-refractivity contribution in [1.82, 2.24) is 5.32 Å². The highest BCUT2D eigenvalue weighted by molar-refractivity contribution is 6.07. The smallest absolute Gasteiger partial charge is 0.0710 e. The SMILES string of the molecule is c1ccc(C2=C(c3ccccc3-c3ccc(-c4ccc(N(c5ccccc5)c5ccccc5)cc4)cc3)N2)cc1.